The van der Waals surface area contributed by atoms with E-state index in [1.54, 1.807) is 0 Å². The SMILES string of the molecule is O=c1nc2c(cn1C1OC(CO)C(O)C1O)NC(F)N2. The van der Waals surface area contributed by atoms with Crippen LogP contribution in [-0.2, 0) is 4.74 Å². The van der Waals surface area contributed by atoms with Gasteiger partial charge in [-0.1, -0.05) is 0 Å². The Morgan fingerprint density at radius 1 is 1.40 bits per heavy atom. The fourth-order valence-electron chi connectivity index (χ4n) is 2.27. The summed E-state index contributed by atoms with van der Waals surface area (Å²) in [6, 6.07) is 0. The van der Waals surface area contributed by atoms with Crippen LogP contribution in [-0.4, -0.2) is 56.2 Å². The van der Waals surface area contributed by atoms with Crippen LogP contribution in [0.25, 0.3) is 0 Å². The molecule has 1 fully saturated rings. The minimum Gasteiger partial charge on any atom is -0.394 e. The molecule has 5 unspecified atom stereocenters. The van der Waals surface area contributed by atoms with Crippen LogP contribution in [0.15, 0.2) is 11.0 Å². The summed E-state index contributed by atoms with van der Waals surface area (Å²) in [5.74, 6) is 0.0606. The summed E-state index contributed by atoms with van der Waals surface area (Å²) in [7, 11) is 0. The topological polar surface area (TPSA) is 129 Å². The molecule has 0 saturated carbocycles. The first-order valence-electron chi connectivity index (χ1n) is 5.94. The van der Waals surface area contributed by atoms with Crippen LogP contribution in [0.4, 0.5) is 15.9 Å². The Hall–Kier alpha value is -1.75. The van der Waals surface area contributed by atoms with Gasteiger partial charge in [0.15, 0.2) is 12.0 Å². The summed E-state index contributed by atoms with van der Waals surface area (Å²) >= 11 is 0. The highest BCUT2D eigenvalue weighted by molar-refractivity contribution is 5.68. The van der Waals surface area contributed by atoms with Crippen LogP contribution in [0.5, 0.6) is 0 Å². The van der Waals surface area contributed by atoms with E-state index in [1.807, 2.05) is 0 Å². The Morgan fingerprint density at radius 2 is 2.15 bits per heavy atom. The first-order valence-corrected chi connectivity index (χ1v) is 5.94. The number of nitrogens with zero attached hydrogens (tertiary/aromatic N) is 2. The molecule has 3 heterocycles. The smallest absolute Gasteiger partial charge is 0.351 e. The van der Waals surface area contributed by atoms with E-state index in [2.05, 4.69) is 15.6 Å². The molecule has 110 valence electrons. The van der Waals surface area contributed by atoms with Crippen LogP contribution >= 0.6 is 0 Å². The summed E-state index contributed by atoms with van der Waals surface area (Å²) in [4.78, 5) is 15.5. The zero-order valence-corrected chi connectivity index (χ0v) is 10.1. The molecule has 2 aliphatic heterocycles. The zero-order valence-electron chi connectivity index (χ0n) is 10.1. The van der Waals surface area contributed by atoms with Gasteiger partial charge in [0.25, 0.3) is 0 Å². The number of alkyl halides is 1. The van der Waals surface area contributed by atoms with Crippen molar-refractivity contribution in [3.05, 3.63) is 16.7 Å². The van der Waals surface area contributed by atoms with E-state index in [-0.39, 0.29) is 11.5 Å². The van der Waals surface area contributed by atoms with Gasteiger partial charge in [-0.2, -0.15) is 9.37 Å². The Labute approximate surface area is 111 Å². The molecule has 9 nitrogen and oxygen atoms in total. The number of aromatic nitrogens is 2. The maximum Gasteiger partial charge on any atom is 0.351 e. The second-order valence-corrected chi connectivity index (χ2v) is 4.57. The molecule has 1 aromatic heterocycles. The van der Waals surface area contributed by atoms with E-state index in [9.17, 15) is 19.4 Å². The van der Waals surface area contributed by atoms with Gasteiger partial charge in [-0.15, -0.1) is 0 Å². The largest absolute Gasteiger partial charge is 0.394 e. The lowest BCUT2D eigenvalue weighted by atomic mass is 10.1. The van der Waals surface area contributed by atoms with Gasteiger partial charge in [-0.25, -0.2) is 4.79 Å². The van der Waals surface area contributed by atoms with Crippen molar-refractivity contribution in [2.24, 2.45) is 0 Å². The number of hydrogen-bond acceptors (Lipinski definition) is 8. The molecule has 0 aliphatic carbocycles. The van der Waals surface area contributed by atoms with Crippen LogP contribution in [0.3, 0.4) is 0 Å². The molecule has 10 heteroatoms. The van der Waals surface area contributed by atoms with Crippen LogP contribution in [0, 0.1) is 0 Å². The van der Waals surface area contributed by atoms with Gasteiger partial charge in [0.05, 0.1) is 12.3 Å². The van der Waals surface area contributed by atoms with Crippen molar-refractivity contribution in [3.63, 3.8) is 0 Å². The highest BCUT2D eigenvalue weighted by Crippen LogP contribution is 2.31. The molecule has 5 atom stereocenters. The fourth-order valence-corrected chi connectivity index (χ4v) is 2.27. The molecule has 3 rings (SSSR count). The summed E-state index contributed by atoms with van der Waals surface area (Å²) in [6.07, 6.45) is -5.26. The number of fused-ring (bicyclic) bond motifs is 1. The van der Waals surface area contributed by atoms with E-state index in [0.717, 1.165) is 4.57 Å². The van der Waals surface area contributed by atoms with Crippen LogP contribution in [0.1, 0.15) is 6.23 Å². The van der Waals surface area contributed by atoms with E-state index in [0.29, 0.717) is 0 Å². The number of aliphatic hydroxyl groups excluding tert-OH is 3. The second kappa shape index (κ2) is 4.66. The monoisotopic (exact) mass is 288 g/mol. The van der Waals surface area contributed by atoms with Crippen molar-refractivity contribution in [3.8, 4) is 0 Å². The third kappa shape index (κ3) is 1.93. The second-order valence-electron chi connectivity index (χ2n) is 4.57. The van der Waals surface area contributed by atoms with Crippen molar-refractivity contribution < 1.29 is 24.4 Å². The summed E-state index contributed by atoms with van der Waals surface area (Å²) in [5, 5.41) is 33.2. The van der Waals surface area contributed by atoms with Crippen LogP contribution in [0.2, 0.25) is 0 Å². The van der Waals surface area contributed by atoms with Crippen molar-refractivity contribution in [2.75, 3.05) is 17.2 Å². The molecule has 0 radical (unpaired) electrons. The number of ether oxygens (including phenoxy) is 1. The highest BCUT2D eigenvalue weighted by Gasteiger charge is 2.44. The quantitative estimate of drug-likeness (QED) is 0.393. The third-order valence-corrected chi connectivity index (χ3v) is 3.29. The molecule has 0 aromatic carbocycles. The molecule has 20 heavy (non-hydrogen) atoms. The Bertz CT molecular complexity index is 581. The Morgan fingerprint density at radius 3 is 2.80 bits per heavy atom. The maximum atomic E-state index is 13.1. The molecule has 1 saturated heterocycles. The van der Waals surface area contributed by atoms with Gasteiger partial charge in [-0.3, -0.25) is 4.57 Å². The van der Waals surface area contributed by atoms with Crippen molar-refractivity contribution in [2.45, 2.75) is 31.0 Å². The molecule has 1 aromatic rings. The average molecular weight is 288 g/mol. The van der Waals surface area contributed by atoms with Gasteiger partial charge >= 0.3 is 5.69 Å². The first-order chi connectivity index (χ1) is 9.51. The standard InChI is InChI=1S/C10H13FN4O5/c11-9-12-3-1-15(10(19)14-7(3)13-9)8-6(18)5(17)4(2-16)20-8/h1,4-6,8-9,12,16-18H,2H2,(H,13,14,19). The zero-order chi connectivity index (χ0) is 14.4. The molecule has 5 N–H and O–H groups in total. The van der Waals surface area contributed by atoms with E-state index < -0.39 is 43.3 Å². The van der Waals surface area contributed by atoms with Gasteiger partial charge in [-0.05, 0) is 0 Å². The lowest BCUT2D eigenvalue weighted by Gasteiger charge is -2.17. The molecule has 2 aliphatic rings. The number of hydrogen-bond donors (Lipinski definition) is 5. The summed E-state index contributed by atoms with van der Waals surface area (Å²) < 4.78 is 19.2. The lowest BCUT2D eigenvalue weighted by Crippen LogP contribution is -2.36. The fraction of sp³-hybridized carbons (Fsp3) is 0.600. The predicted octanol–water partition coefficient (Wildman–Crippen LogP) is -2.05. The number of halogens is 1. The minimum absolute atomic E-state index is 0.0606. The Kier molecular flexibility index (Phi) is 3.09. The molecule has 0 spiro atoms. The number of nitrogens with one attached hydrogen (secondary N) is 2. The van der Waals surface area contributed by atoms with Gasteiger partial charge < -0.3 is 30.7 Å². The van der Waals surface area contributed by atoms with Gasteiger partial charge in [0, 0.05) is 6.20 Å². The highest BCUT2D eigenvalue weighted by atomic mass is 19.1. The van der Waals surface area contributed by atoms with Gasteiger partial charge in [0.1, 0.15) is 18.3 Å². The van der Waals surface area contributed by atoms with Crippen molar-refractivity contribution >= 4 is 11.5 Å². The minimum atomic E-state index is -1.56. The average Bonchev–Trinajstić information content (AvgIpc) is 2.89. The maximum absolute atomic E-state index is 13.1. The first kappa shape index (κ1) is 13.2. The Balaban J connectivity index is 1.96. The van der Waals surface area contributed by atoms with Crippen LogP contribution < -0.4 is 16.3 Å². The normalized spacial score (nSPS) is 35.5. The predicted molar refractivity (Wildman–Crippen MR) is 63.6 cm³/mol. The summed E-state index contributed by atoms with van der Waals surface area (Å²) in [6.45, 7) is -0.506. The number of anilines is 2. The van der Waals surface area contributed by atoms with E-state index in [4.69, 9.17) is 9.84 Å². The molecular formula is C10H13FN4O5. The summed E-state index contributed by atoms with van der Waals surface area (Å²) in [5.41, 5.74) is -0.545. The van der Waals surface area contributed by atoms with E-state index >= 15 is 0 Å². The number of rotatable bonds is 2. The number of aliphatic hydroxyl groups is 3. The molecular weight excluding hydrogens is 275 g/mol. The third-order valence-electron chi connectivity index (χ3n) is 3.29. The van der Waals surface area contributed by atoms with Crippen molar-refractivity contribution in [1.82, 2.24) is 9.55 Å². The van der Waals surface area contributed by atoms with Gasteiger partial charge in [0.2, 0.25) is 6.42 Å². The van der Waals surface area contributed by atoms with E-state index in [1.165, 1.54) is 6.20 Å². The lowest BCUT2D eigenvalue weighted by molar-refractivity contribution is -0.0548. The van der Waals surface area contributed by atoms with Crippen molar-refractivity contribution in [1.29, 1.82) is 0 Å². The molecule has 0 bridgehead atoms. The molecule has 0 amide bonds.